The van der Waals surface area contributed by atoms with Gasteiger partial charge in [0.05, 0.1) is 134 Å². The predicted octanol–water partition coefficient (Wildman–Crippen LogP) is 15.2. The minimum atomic E-state index is -2.99. The normalized spacial score (nSPS) is 15.2. The lowest BCUT2D eigenvalue weighted by atomic mass is 9.79. The second-order valence-electron chi connectivity index (χ2n) is 22.9. The third-order valence-electron chi connectivity index (χ3n) is 16.2. The maximum Gasteiger partial charge on any atom is 0.494 e. The number of hydrogen-bond acceptors (Lipinski definition) is 16. The van der Waals surface area contributed by atoms with E-state index in [1.165, 1.54) is 36.4 Å². The topological polar surface area (TPSA) is 163 Å². The van der Waals surface area contributed by atoms with Gasteiger partial charge in [0.2, 0.25) is 0 Å². The lowest BCUT2D eigenvalue weighted by Gasteiger charge is -2.32. The van der Waals surface area contributed by atoms with Crippen LogP contribution in [0.4, 0.5) is 69.2 Å². The number of benzene rings is 4. The minimum absolute atomic E-state index is 0.0306. The molecule has 94 heavy (non-hydrogen) atoms. The van der Waals surface area contributed by atoms with E-state index < -0.39 is 54.8 Å². The van der Waals surface area contributed by atoms with Crippen LogP contribution in [-0.4, -0.2) is 114 Å². The summed E-state index contributed by atoms with van der Waals surface area (Å²) in [4.78, 5) is 31.1. The predicted molar refractivity (Wildman–Crippen MR) is 346 cm³/mol. The van der Waals surface area contributed by atoms with Crippen molar-refractivity contribution in [3.05, 3.63) is 186 Å². The van der Waals surface area contributed by atoms with Crippen LogP contribution in [0.1, 0.15) is 38.8 Å². The average Bonchev–Trinajstić information content (AvgIpc) is 1.76. The van der Waals surface area contributed by atoms with E-state index in [9.17, 15) is 30.7 Å². The number of aromatic nitrogens is 6. The van der Waals surface area contributed by atoms with Crippen LogP contribution in [0.15, 0.2) is 146 Å². The molecule has 2 N–H and O–H groups in total. The van der Waals surface area contributed by atoms with Crippen molar-refractivity contribution in [3.8, 4) is 45.5 Å². The highest BCUT2D eigenvalue weighted by atomic mass is 35.5. The van der Waals surface area contributed by atoms with Gasteiger partial charge in [0, 0.05) is 79.5 Å². The third-order valence-corrected chi connectivity index (χ3v) is 16.5. The highest BCUT2D eigenvalue weighted by Crippen LogP contribution is 2.43. The number of rotatable bonds is 14. The van der Waals surface area contributed by atoms with Gasteiger partial charge in [-0.15, -0.1) is 0 Å². The smallest absolute Gasteiger partial charge is 0.435 e. The van der Waals surface area contributed by atoms with Gasteiger partial charge in [-0.05, 0) is 108 Å². The molecule has 0 aliphatic carbocycles. The highest BCUT2D eigenvalue weighted by molar-refractivity contribution is 6.62. The van der Waals surface area contributed by atoms with Crippen LogP contribution in [0.2, 0.25) is 5.15 Å². The Morgan fingerprint density at radius 2 is 1.00 bits per heavy atom. The zero-order valence-corrected chi connectivity index (χ0v) is 52.4. The Labute approximate surface area is 541 Å². The molecule has 0 spiro atoms. The van der Waals surface area contributed by atoms with Gasteiger partial charge in [-0.1, -0.05) is 48.0 Å². The van der Waals surface area contributed by atoms with E-state index in [4.69, 9.17) is 35.4 Å². The molecule has 0 unspecified atom stereocenters. The first kappa shape index (κ1) is 66.2. The number of anilines is 6. The van der Waals surface area contributed by atoms with Crippen LogP contribution in [0.25, 0.3) is 55.8 Å². The molecule has 3 fully saturated rings. The van der Waals surface area contributed by atoms with Crippen molar-refractivity contribution in [2.45, 2.75) is 66.0 Å². The summed E-state index contributed by atoms with van der Waals surface area (Å²) in [7, 11) is -0.578. The van der Waals surface area contributed by atoms with E-state index >= 15 is 4.39 Å². The molecular formula is C68H62BClF8N10O6. The molecule has 3 saturated heterocycles. The maximum absolute atomic E-state index is 15.4. The van der Waals surface area contributed by atoms with E-state index in [0.717, 1.165) is 36.6 Å². The molecule has 16 nitrogen and oxygen atoms in total. The summed E-state index contributed by atoms with van der Waals surface area (Å²) in [5.41, 5.74) is 7.66. The molecule has 0 saturated carbocycles. The molecule has 4 aromatic carbocycles. The van der Waals surface area contributed by atoms with Crippen molar-refractivity contribution in [1.29, 1.82) is 0 Å². The fraction of sp³-hybridized carbons (Fsp3) is 0.265. The number of nitrogens with one attached hydrogen (secondary N) is 2. The summed E-state index contributed by atoms with van der Waals surface area (Å²) in [5.74, 6) is -2.91. The lowest BCUT2D eigenvalue weighted by Crippen LogP contribution is -2.41. The summed E-state index contributed by atoms with van der Waals surface area (Å²) in [5, 5.41) is 7.10. The van der Waals surface area contributed by atoms with Crippen molar-refractivity contribution in [2.24, 2.45) is 0 Å². The number of hydrogen-bond donors (Lipinski definition) is 2. The maximum atomic E-state index is 15.4. The first-order chi connectivity index (χ1) is 45.1. The zero-order chi connectivity index (χ0) is 66.4. The van der Waals surface area contributed by atoms with Crippen LogP contribution in [-0.2, 0) is 18.8 Å². The largest absolute Gasteiger partial charge is 0.494 e. The number of halogens is 9. The van der Waals surface area contributed by atoms with Crippen LogP contribution in [0.3, 0.4) is 0 Å². The Morgan fingerprint density at radius 1 is 0.532 bits per heavy atom. The van der Waals surface area contributed by atoms with Crippen molar-refractivity contribution in [2.75, 3.05) is 73.0 Å². The van der Waals surface area contributed by atoms with Gasteiger partial charge in [0.15, 0.2) is 5.15 Å². The molecule has 0 bridgehead atoms. The Bertz CT molecular complexity index is 4340. The van der Waals surface area contributed by atoms with E-state index in [0.29, 0.717) is 113 Å². The molecule has 0 atom stereocenters. The molecule has 486 valence electrons. The van der Waals surface area contributed by atoms with Crippen molar-refractivity contribution in [1.82, 2.24) is 29.9 Å². The van der Waals surface area contributed by atoms with Crippen LogP contribution >= 0.6 is 11.6 Å². The molecule has 0 radical (unpaired) electrons. The second kappa shape index (κ2) is 28.5. The summed E-state index contributed by atoms with van der Waals surface area (Å²) in [6.07, 6.45) is 6.65. The molecular weight excluding hydrogens is 1250 g/mol. The number of fused-ring (bicyclic) bond motifs is 2. The van der Waals surface area contributed by atoms with E-state index in [-0.39, 0.29) is 38.5 Å². The molecule has 13 rings (SSSR count). The Balaban J connectivity index is 0.000000154. The Hall–Kier alpha value is -9.27. The van der Waals surface area contributed by atoms with E-state index in [2.05, 4.69) is 54.8 Å². The van der Waals surface area contributed by atoms with E-state index in [1.807, 2.05) is 52.8 Å². The lowest BCUT2D eigenvalue weighted by molar-refractivity contribution is -0.0504. The fourth-order valence-electron chi connectivity index (χ4n) is 10.8. The van der Waals surface area contributed by atoms with Gasteiger partial charge in [-0.25, -0.2) is 32.5 Å². The summed E-state index contributed by atoms with van der Waals surface area (Å²) >= 11 is 6.41. The van der Waals surface area contributed by atoms with Gasteiger partial charge >= 0.3 is 20.3 Å². The summed E-state index contributed by atoms with van der Waals surface area (Å²) in [6, 6.07) is 31.1. The quantitative estimate of drug-likeness (QED) is 0.0600. The van der Waals surface area contributed by atoms with Gasteiger partial charge in [-0.2, -0.15) is 17.6 Å². The molecule has 0 amide bonds. The Morgan fingerprint density at radius 3 is 1.49 bits per heavy atom. The number of morpholine rings is 2. The monoisotopic (exact) mass is 1310 g/mol. The average molecular weight is 1310 g/mol. The molecule has 3 aliphatic rings. The minimum Gasteiger partial charge on any atom is -0.435 e. The zero-order valence-electron chi connectivity index (χ0n) is 51.7. The summed E-state index contributed by atoms with van der Waals surface area (Å²) < 4.78 is 141. The van der Waals surface area contributed by atoms with Gasteiger partial charge < -0.3 is 48.7 Å². The molecule has 26 heteroatoms. The van der Waals surface area contributed by atoms with Crippen molar-refractivity contribution in [3.63, 3.8) is 0 Å². The number of nitrogens with zero attached hydrogens (tertiary/aromatic N) is 8. The molecule has 10 aromatic rings. The van der Waals surface area contributed by atoms with Gasteiger partial charge in [0.25, 0.3) is 0 Å². The van der Waals surface area contributed by atoms with Crippen LogP contribution < -0.4 is 35.4 Å². The van der Waals surface area contributed by atoms with Gasteiger partial charge in [0.1, 0.15) is 34.8 Å². The molecule has 3 aliphatic heterocycles. The van der Waals surface area contributed by atoms with Gasteiger partial charge in [-0.3, -0.25) is 15.0 Å². The SMILES string of the molecule is CC1(C)OB(c2cccc(OC(F)F)c2)OC1(C)C.Cc1c(-c2ccccn2)nc2cc(F)cc(F)c2c1Nc1cc(N2CCOCC2)cnc1-c1cccc(OC(F)F)c1.Cc1c(-c2ccccn2)nc2cc(F)cc(F)c2c1Nc1cc(N2CCOCC2)cnc1Cl. The van der Waals surface area contributed by atoms with Crippen LogP contribution in [0, 0.1) is 37.1 Å². The van der Waals surface area contributed by atoms with Crippen LogP contribution in [0.5, 0.6) is 11.5 Å². The first-order valence-corrected chi connectivity index (χ1v) is 30.2. The summed E-state index contributed by atoms with van der Waals surface area (Å²) in [6.45, 7) is 10.6. The highest BCUT2D eigenvalue weighted by Gasteiger charge is 2.51. The Kier molecular flexibility index (Phi) is 20.1. The first-order valence-electron chi connectivity index (χ1n) is 29.8. The standard InChI is InChI=1S/C31H25F4N5O2.C24H20ClF2N5O.C13H17BF2O3/c1-18-28(24-7-2-3-8-36-24)38-25-15-20(32)14-23(33)27(25)29(18)39-26-16-21(40-9-11-41-12-10-40)17-37-30(26)19-5-4-6-22(13-19)42-31(34)35;1-14-22(18-4-2-3-5-28-18)30-19-11-15(26)10-17(27)21(19)23(14)31-20-12-16(13-29-24(20)25)32-6-8-33-9-7-32;1-12(2)13(3,4)19-14(18-12)9-6-5-7-10(8-9)17-11(15)16/h2-8,13-17,31H,9-12H2,1H3,(H,38,39);2-5,10-13H,6-9H2,1H3,(H,30,31);5-8,11H,1-4H3. The number of alkyl halides is 4. The third kappa shape index (κ3) is 15.0. The van der Waals surface area contributed by atoms with E-state index in [1.54, 1.807) is 86.3 Å². The number of pyridine rings is 6. The second-order valence-corrected chi connectivity index (χ2v) is 23.3. The van der Waals surface area contributed by atoms with Crippen molar-refractivity contribution < 1.29 is 63.4 Å². The molecule has 9 heterocycles. The number of ether oxygens (including phenoxy) is 4. The van der Waals surface area contributed by atoms with Crippen molar-refractivity contribution >= 4 is 80.1 Å². The molecule has 6 aromatic heterocycles. The fourth-order valence-corrected chi connectivity index (χ4v) is 11.0.